The van der Waals surface area contributed by atoms with Gasteiger partial charge in [0.1, 0.15) is 0 Å². The Balaban J connectivity index is 1.80. The highest BCUT2D eigenvalue weighted by molar-refractivity contribution is 6.30. The number of amides is 1. The zero-order valence-corrected chi connectivity index (χ0v) is 12.4. The minimum absolute atomic E-state index is 0.146. The van der Waals surface area contributed by atoms with Crippen molar-refractivity contribution in [1.29, 1.82) is 0 Å². The first-order chi connectivity index (χ1) is 10.1. The first kappa shape index (κ1) is 15.1. The van der Waals surface area contributed by atoms with Crippen LogP contribution in [0.2, 0.25) is 5.02 Å². The molecule has 0 aliphatic rings. The van der Waals surface area contributed by atoms with Gasteiger partial charge in [0.2, 0.25) is 0 Å². The van der Waals surface area contributed by atoms with Crippen LogP contribution in [0.5, 0.6) is 0 Å². The number of halogens is 1. The van der Waals surface area contributed by atoms with Crippen LogP contribution in [0.3, 0.4) is 0 Å². The van der Waals surface area contributed by atoms with Crippen LogP contribution in [0.4, 0.5) is 5.69 Å². The van der Waals surface area contributed by atoms with Gasteiger partial charge < -0.3 is 5.32 Å². The van der Waals surface area contributed by atoms with E-state index in [9.17, 15) is 4.79 Å². The molecule has 5 heteroatoms. The van der Waals surface area contributed by atoms with Gasteiger partial charge in [-0.3, -0.25) is 4.79 Å². The van der Waals surface area contributed by atoms with Gasteiger partial charge in [-0.2, -0.15) is 5.10 Å². The van der Waals surface area contributed by atoms with E-state index in [1.807, 2.05) is 43.3 Å². The van der Waals surface area contributed by atoms with Gasteiger partial charge in [-0.15, -0.1) is 0 Å². The number of hydrogen-bond donors (Lipinski definition) is 2. The van der Waals surface area contributed by atoms with E-state index in [0.717, 1.165) is 16.8 Å². The van der Waals surface area contributed by atoms with Crippen LogP contribution in [0.25, 0.3) is 0 Å². The summed E-state index contributed by atoms with van der Waals surface area (Å²) >= 11 is 5.79. The van der Waals surface area contributed by atoms with Gasteiger partial charge in [-0.05, 0) is 42.3 Å². The maximum atomic E-state index is 11.6. The Morgan fingerprint density at radius 1 is 1.19 bits per heavy atom. The van der Waals surface area contributed by atoms with Crippen LogP contribution in [-0.2, 0) is 4.79 Å². The summed E-state index contributed by atoms with van der Waals surface area (Å²) in [6.07, 6.45) is 1.63. The van der Waals surface area contributed by atoms with Crippen LogP contribution >= 0.6 is 11.6 Å². The lowest BCUT2D eigenvalue weighted by atomic mass is 10.1. The van der Waals surface area contributed by atoms with Crippen LogP contribution < -0.4 is 10.7 Å². The molecule has 0 bridgehead atoms. The summed E-state index contributed by atoms with van der Waals surface area (Å²) in [6, 6.07) is 15.0. The molecule has 1 amide bonds. The first-order valence-corrected chi connectivity index (χ1v) is 6.90. The molecule has 0 atom stereocenters. The van der Waals surface area contributed by atoms with Gasteiger partial charge in [0.15, 0.2) is 0 Å². The fourth-order valence-electron chi connectivity index (χ4n) is 1.70. The molecule has 0 aliphatic heterocycles. The van der Waals surface area contributed by atoms with Gasteiger partial charge in [-0.1, -0.05) is 35.9 Å². The summed E-state index contributed by atoms with van der Waals surface area (Å²) in [7, 11) is 0. The van der Waals surface area contributed by atoms with Crippen LogP contribution in [0, 0.1) is 6.92 Å². The maximum Gasteiger partial charge on any atom is 0.259 e. The predicted octanol–water partition coefficient (Wildman–Crippen LogP) is 3.21. The quantitative estimate of drug-likeness (QED) is 0.658. The molecule has 0 unspecified atom stereocenters. The third kappa shape index (κ3) is 4.93. The van der Waals surface area contributed by atoms with Crippen molar-refractivity contribution in [2.24, 2.45) is 5.10 Å². The molecule has 2 aromatic carbocycles. The number of anilines is 1. The number of nitrogens with one attached hydrogen (secondary N) is 2. The summed E-state index contributed by atoms with van der Waals surface area (Å²) in [5.74, 6) is -0.213. The standard InChI is InChI=1S/C16H16ClN3O/c1-12-4-2-3-5-13(12)10-19-20-16(21)11-18-15-8-6-14(17)7-9-15/h2-10,18H,11H2,1H3,(H,20,21)/b19-10-. The molecule has 0 aliphatic carbocycles. The second-order valence-electron chi connectivity index (χ2n) is 4.51. The van der Waals surface area contributed by atoms with Crippen molar-refractivity contribution in [1.82, 2.24) is 5.43 Å². The molecular weight excluding hydrogens is 286 g/mol. The highest BCUT2D eigenvalue weighted by atomic mass is 35.5. The van der Waals surface area contributed by atoms with Gasteiger partial charge in [0.05, 0.1) is 12.8 Å². The first-order valence-electron chi connectivity index (χ1n) is 6.52. The average molecular weight is 302 g/mol. The Morgan fingerprint density at radius 3 is 2.62 bits per heavy atom. The molecule has 21 heavy (non-hydrogen) atoms. The topological polar surface area (TPSA) is 53.5 Å². The monoisotopic (exact) mass is 301 g/mol. The number of nitrogens with zero attached hydrogens (tertiary/aromatic N) is 1. The molecule has 0 radical (unpaired) electrons. The fraction of sp³-hybridized carbons (Fsp3) is 0.125. The molecule has 108 valence electrons. The number of hydrazone groups is 1. The molecule has 2 N–H and O–H groups in total. The van der Waals surface area contributed by atoms with Crippen molar-refractivity contribution in [3.8, 4) is 0 Å². The van der Waals surface area contributed by atoms with Crippen molar-refractivity contribution in [2.45, 2.75) is 6.92 Å². The Bertz CT molecular complexity index is 638. The summed E-state index contributed by atoms with van der Waals surface area (Å²) in [6.45, 7) is 2.14. The van der Waals surface area contributed by atoms with Crippen LogP contribution in [0.1, 0.15) is 11.1 Å². The van der Waals surface area contributed by atoms with E-state index >= 15 is 0 Å². The summed E-state index contributed by atoms with van der Waals surface area (Å²) < 4.78 is 0. The van der Waals surface area contributed by atoms with E-state index in [1.54, 1.807) is 18.3 Å². The minimum atomic E-state index is -0.213. The second-order valence-corrected chi connectivity index (χ2v) is 4.95. The van der Waals surface area contributed by atoms with E-state index in [0.29, 0.717) is 5.02 Å². The molecule has 4 nitrogen and oxygen atoms in total. The SMILES string of the molecule is Cc1ccccc1/C=N\NC(=O)CNc1ccc(Cl)cc1. The van der Waals surface area contributed by atoms with E-state index in [4.69, 9.17) is 11.6 Å². The summed E-state index contributed by atoms with van der Waals surface area (Å²) in [5, 5.41) is 7.59. The Morgan fingerprint density at radius 2 is 1.90 bits per heavy atom. The number of rotatable bonds is 5. The Labute approximate surface area is 128 Å². The third-order valence-electron chi connectivity index (χ3n) is 2.88. The molecule has 0 fully saturated rings. The predicted molar refractivity (Wildman–Crippen MR) is 86.9 cm³/mol. The minimum Gasteiger partial charge on any atom is -0.376 e. The number of aryl methyl sites for hydroxylation is 1. The number of carbonyl (C=O) groups excluding carboxylic acids is 1. The lowest BCUT2D eigenvalue weighted by Crippen LogP contribution is -2.25. The van der Waals surface area contributed by atoms with Crippen molar-refractivity contribution >= 4 is 29.4 Å². The molecule has 0 spiro atoms. The molecule has 2 rings (SSSR count). The smallest absolute Gasteiger partial charge is 0.259 e. The lowest BCUT2D eigenvalue weighted by molar-refractivity contribution is -0.119. The lowest BCUT2D eigenvalue weighted by Gasteiger charge is -2.05. The molecule has 0 saturated heterocycles. The number of carbonyl (C=O) groups is 1. The average Bonchev–Trinajstić information content (AvgIpc) is 2.49. The number of hydrogen-bond acceptors (Lipinski definition) is 3. The molecule has 0 aromatic heterocycles. The van der Waals surface area contributed by atoms with E-state index in [2.05, 4.69) is 15.8 Å². The van der Waals surface area contributed by atoms with Gasteiger partial charge in [0, 0.05) is 10.7 Å². The van der Waals surface area contributed by atoms with E-state index in [1.165, 1.54) is 0 Å². The third-order valence-corrected chi connectivity index (χ3v) is 3.13. The molecule has 2 aromatic rings. The van der Waals surface area contributed by atoms with E-state index < -0.39 is 0 Å². The molecule has 0 saturated carbocycles. The summed E-state index contributed by atoms with van der Waals surface area (Å²) in [5.41, 5.74) is 5.39. The Kier molecular flexibility index (Phi) is 5.35. The highest BCUT2D eigenvalue weighted by Crippen LogP contribution is 2.12. The van der Waals surface area contributed by atoms with Crippen molar-refractivity contribution < 1.29 is 4.79 Å². The van der Waals surface area contributed by atoms with Gasteiger partial charge >= 0.3 is 0 Å². The van der Waals surface area contributed by atoms with Crippen molar-refractivity contribution in [2.75, 3.05) is 11.9 Å². The van der Waals surface area contributed by atoms with E-state index in [-0.39, 0.29) is 12.5 Å². The van der Waals surface area contributed by atoms with Crippen molar-refractivity contribution in [3.63, 3.8) is 0 Å². The summed E-state index contributed by atoms with van der Waals surface area (Å²) in [4.78, 5) is 11.6. The normalized spacial score (nSPS) is 10.6. The molecular formula is C16H16ClN3O. The van der Waals surface area contributed by atoms with Crippen molar-refractivity contribution in [3.05, 3.63) is 64.7 Å². The largest absolute Gasteiger partial charge is 0.376 e. The van der Waals surface area contributed by atoms with Gasteiger partial charge in [0.25, 0.3) is 5.91 Å². The molecule has 0 heterocycles. The number of benzene rings is 2. The van der Waals surface area contributed by atoms with Gasteiger partial charge in [-0.25, -0.2) is 5.43 Å². The second kappa shape index (κ2) is 7.45. The zero-order valence-electron chi connectivity index (χ0n) is 11.6. The maximum absolute atomic E-state index is 11.6. The highest BCUT2D eigenvalue weighted by Gasteiger charge is 1.99. The Hall–Kier alpha value is -2.33. The van der Waals surface area contributed by atoms with Crippen LogP contribution in [0.15, 0.2) is 53.6 Å². The zero-order chi connectivity index (χ0) is 15.1. The fourth-order valence-corrected chi connectivity index (χ4v) is 1.82. The van der Waals surface area contributed by atoms with Crippen LogP contribution in [-0.4, -0.2) is 18.7 Å².